The Kier molecular flexibility index (Phi) is 3.85. The van der Waals surface area contributed by atoms with Crippen molar-refractivity contribution in [3.8, 4) is 0 Å². The zero-order valence-corrected chi connectivity index (χ0v) is 10.7. The Balaban J connectivity index is 2.20. The second-order valence-electron chi connectivity index (χ2n) is 4.71. The maximum absolute atomic E-state index is 12.5. The molecule has 0 saturated heterocycles. The number of benzene rings is 1. The molecule has 104 valence electrons. The first kappa shape index (κ1) is 13.9. The maximum Gasteiger partial charge on any atom is 0.412 e. The van der Waals surface area contributed by atoms with Gasteiger partial charge in [-0.05, 0) is 19.4 Å². The fourth-order valence-electron chi connectivity index (χ4n) is 2.29. The van der Waals surface area contributed by atoms with E-state index in [0.717, 1.165) is 16.8 Å². The van der Waals surface area contributed by atoms with Crippen LogP contribution in [-0.2, 0) is 6.61 Å². The molecule has 0 saturated carbocycles. The number of anilines is 1. The van der Waals surface area contributed by atoms with Crippen molar-refractivity contribution in [2.45, 2.75) is 26.1 Å². The second-order valence-corrected chi connectivity index (χ2v) is 4.71. The van der Waals surface area contributed by atoms with Gasteiger partial charge >= 0.3 is 6.18 Å². The lowest BCUT2D eigenvalue weighted by atomic mass is 10.0. The molecule has 1 N–H and O–H groups in total. The first-order valence-corrected chi connectivity index (χ1v) is 6.13. The summed E-state index contributed by atoms with van der Waals surface area (Å²) in [5.74, 6) is 0. The minimum absolute atomic E-state index is 0.0117. The van der Waals surface area contributed by atoms with Crippen LogP contribution < -0.4 is 4.90 Å². The summed E-state index contributed by atoms with van der Waals surface area (Å²) < 4.78 is 37.6. The lowest BCUT2D eigenvalue weighted by molar-refractivity contribution is -0.0944. The van der Waals surface area contributed by atoms with Gasteiger partial charge in [-0.25, -0.2) is 0 Å². The van der Waals surface area contributed by atoms with E-state index in [1.54, 1.807) is 0 Å². The largest absolute Gasteiger partial charge is 0.412 e. The first-order chi connectivity index (χ1) is 8.91. The molecule has 0 aromatic heterocycles. The van der Waals surface area contributed by atoms with Gasteiger partial charge in [0.2, 0.25) is 0 Å². The summed E-state index contributed by atoms with van der Waals surface area (Å²) in [5, 5.41) is 9.33. The SMILES string of the molecule is Cc1ccc(N2CC=C(C(F)(F)F)CC2)c(CO)c1. The van der Waals surface area contributed by atoms with Gasteiger partial charge in [0, 0.05) is 29.9 Å². The topological polar surface area (TPSA) is 23.5 Å². The van der Waals surface area contributed by atoms with Crippen LogP contribution in [-0.4, -0.2) is 24.4 Å². The van der Waals surface area contributed by atoms with Crippen molar-refractivity contribution in [1.29, 1.82) is 0 Å². The van der Waals surface area contributed by atoms with Crippen LogP contribution in [0.1, 0.15) is 17.5 Å². The normalized spacial score (nSPS) is 16.5. The standard InChI is InChI=1S/C14H16F3NO/c1-10-2-3-13(11(8-10)9-19)18-6-4-12(5-7-18)14(15,16)17/h2-4,8,19H,5-7,9H2,1H3. The van der Waals surface area contributed by atoms with E-state index >= 15 is 0 Å². The van der Waals surface area contributed by atoms with Crippen molar-refractivity contribution >= 4 is 5.69 Å². The van der Waals surface area contributed by atoms with Crippen LogP contribution >= 0.6 is 0 Å². The van der Waals surface area contributed by atoms with Crippen molar-refractivity contribution in [1.82, 2.24) is 0 Å². The molecule has 5 heteroatoms. The summed E-state index contributed by atoms with van der Waals surface area (Å²) in [6.07, 6.45) is -3.01. The Morgan fingerprint density at radius 3 is 2.58 bits per heavy atom. The van der Waals surface area contributed by atoms with E-state index < -0.39 is 11.7 Å². The quantitative estimate of drug-likeness (QED) is 0.835. The highest BCUT2D eigenvalue weighted by atomic mass is 19.4. The van der Waals surface area contributed by atoms with E-state index in [1.165, 1.54) is 6.08 Å². The molecule has 1 aromatic rings. The fourth-order valence-corrected chi connectivity index (χ4v) is 2.29. The number of nitrogens with zero attached hydrogens (tertiary/aromatic N) is 1. The number of rotatable bonds is 2. The van der Waals surface area contributed by atoms with Crippen LogP contribution in [0.5, 0.6) is 0 Å². The van der Waals surface area contributed by atoms with Gasteiger partial charge in [-0.2, -0.15) is 13.2 Å². The highest BCUT2D eigenvalue weighted by Crippen LogP contribution is 2.32. The molecule has 1 aromatic carbocycles. The molecular formula is C14H16F3NO. The van der Waals surface area contributed by atoms with Gasteiger partial charge in [0.15, 0.2) is 0 Å². The van der Waals surface area contributed by atoms with E-state index in [4.69, 9.17) is 0 Å². The molecule has 0 unspecified atom stereocenters. The zero-order chi connectivity index (χ0) is 14.0. The highest BCUT2D eigenvalue weighted by molar-refractivity contribution is 5.56. The van der Waals surface area contributed by atoms with Crippen molar-refractivity contribution in [2.24, 2.45) is 0 Å². The minimum atomic E-state index is -4.22. The molecular weight excluding hydrogens is 255 g/mol. The van der Waals surface area contributed by atoms with Crippen molar-refractivity contribution < 1.29 is 18.3 Å². The van der Waals surface area contributed by atoms with Crippen molar-refractivity contribution in [3.63, 3.8) is 0 Å². The van der Waals surface area contributed by atoms with Gasteiger partial charge < -0.3 is 10.0 Å². The molecule has 1 aliphatic heterocycles. The highest BCUT2D eigenvalue weighted by Gasteiger charge is 2.34. The van der Waals surface area contributed by atoms with Gasteiger partial charge in [0.05, 0.1) is 6.61 Å². The second kappa shape index (κ2) is 5.25. The molecule has 0 amide bonds. The molecule has 0 bridgehead atoms. The molecule has 1 aliphatic rings. The summed E-state index contributed by atoms with van der Waals surface area (Å²) in [6.45, 7) is 2.36. The Morgan fingerprint density at radius 2 is 2.05 bits per heavy atom. The van der Waals surface area contributed by atoms with Crippen molar-refractivity contribution in [2.75, 3.05) is 18.0 Å². The Morgan fingerprint density at radius 1 is 1.32 bits per heavy atom. The molecule has 0 aliphatic carbocycles. The van der Waals surface area contributed by atoms with Crippen LogP contribution in [0.15, 0.2) is 29.8 Å². The smallest absolute Gasteiger partial charge is 0.392 e. The first-order valence-electron chi connectivity index (χ1n) is 6.13. The van der Waals surface area contributed by atoms with Gasteiger partial charge in [0.1, 0.15) is 0 Å². The average Bonchev–Trinajstić information content (AvgIpc) is 2.37. The molecule has 2 nitrogen and oxygen atoms in total. The number of hydrogen-bond donors (Lipinski definition) is 1. The average molecular weight is 271 g/mol. The number of hydrogen-bond acceptors (Lipinski definition) is 2. The lowest BCUT2D eigenvalue weighted by Gasteiger charge is -2.30. The van der Waals surface area contributed by atoms with Crippen LogP contribution in [0.2, 0.25) is 0 Å². The number of alkyl halides is 3. The zero-order valence-electron chi connectivity index (χ0n) is 10.7. The summed E-state index contributed by atoms with van der Waals surface area (Å²) in [7, 11) is 0. The van der Waals surface area contributed by atoms with Crippen LogP contribution in [0.4, 0.5) is 18.9 Å². The van der Waals surface area contributed by atoms with Gasteiger partial charge in [-0.3, -0.25) is 0 Å². The third kappa shape index (κ3) is 3.10. The van der Waals surface area contributed by atoms with Gasteiger partial charge in [-0.1, -0.05) is 23.8 Å². The number of aliphatic hydroxyl groups excluding tert-OH is 1. The number of aryl methyl sites for hydroxylation is 1. The summed E-state index contributed by atoms with van der Waals surface area (Å²) >= 11 is 0. The van der Waals surface area contributed by atoms with E-state index in [9.17, 15) is 18.3 Å². The van der Waals surface area contributed by atoms with E-state index in [1.807, 2.05) is 30.0 Å². The molecule has 19 heavy (non-hydrogen) atoms. The molecule has 0 atom stereocenters. The van der Waals surface area contributed by atoms with Crippen LogP contribution in [0, 0.1) is 6.92 Å². The van der Waals surface area contributed by atoms with Crippen LogP contribution in [0.25, 0.3) is 0 Å². The number of halogens is 3. The minimum Gasteiger partial charge on any atom is -0.392 e. The third-order valence-corrected chi connectivity index (χ3v) is 3.32. The van der Waals surface area contributed by atoms with E-state index in [0.29, 0.717) is 6.54 Å². The van der Waals surface area contributed by atoms with Crippen molar-refractivity contribution in [3.05, 3.63) is 41.0 Å². The molecule has 2 rings (SSSR count). The third-order valence-electron chi connectivity index (χ3n) is 3.32. The number of aliphatic hydroxyl groups is 1. The molecule has 0 spiro atoms. The Bertz CT molecular complexity index is 494. The van der Waals surface area contributed by atoms with E-state index in [-0.39, 0.29) is 19.6 Å². The lowest BCUT2D eigenvalue weighted by Crippen LogP contribution is -2.32. The predicted molar refractivity (Wildman–Crippen MR) is 68.1 cm³/mol. The predicted octanol–water partition coefficient (Wildman–Crippen LogP) is 3.19. The van der Waals surface area contributed by atoms with Gasteiger partial charge in [-0.15, -0.1) is 0 Å². The molecule has 0 radical (unpaired) electrons. The maximum atomic E-state index is 12.5. The van der Waals surface area contributed by atoms with E-state index in [2.05, 4.69) is 0 Å². The summed E-state index contributed by atoms with van der Waals surface area (Å²) in [6, 6.07) is 5.61. The fraction of sp³-hybridized carbons (Fsp3) is 0.429. The monoisotopic (exact) mass is 271 g/mol. The van der Waals surface area contributed by atoms with Crippen LogP contribution in [0.3, 0.4) is 0 Å². The van der Waals surface area contributed by atoms with Gasteiger partial charge in [0.25, 0.3) is 0 Å². The molecule has 1 heterocycles. The molecule has 0 fully saturated rings. The Labute approximate surface area is 110 Å². The summed E-state index contributed by atoms with van der Waals surface area (Å²) in [4.78, 5) is 1.86. The Hall–Kier alpha value is -1.49. The summed E-state index contributed by atoms with van der Waals surface area (Å²) in [5.41, 5.74) is 2.13.